The van der Waals surface area contributed by atoms with Crippen LogP contribution in [0.2, 0.25) is 0 Å². The van der Waals surface area contributed by atoms with E-state index in [-0.39, 0.29) is 5.91 Å². The molecule has 0 aliphatic heterocycles. The van der Waals surface area contributed by atoms with Gasteiger partial charge in [0.2, 0.25) is 5.91 Å². The van der Waals surface area contributed by atoms with Crippen molar-refractivity contribution in [3.05, 3.63) is 29.8 Å². The van der Waals surface area contributed by atoms with Gasteiger partial charge in [-0.3, -0.25) is 4.79 Å². The molecule has 94 valence electrons. The summed E-state index contributed by atoms with van der Waals surface area (Å²) in [4.78, 5) is 11.4. The zero-order chi connectivity index (χ0) is 12.5. The van der Waals surface area contributed by atoms with Crippen LogP contribution >= 0.6 is 15.9 Å². The van der Waals surface area contributed by atoms with Gasteiger partial charge in [-0.2, -0.15) is 0 Å². The summed E-state index contributed by atoms with van der Waals surface area (Å²) in [6.45, 7) is 3.15. The molecule has 3 nitrogen and oxygen atoms in total. The van der Waals surface area contributed by atoms with Crippen LogP contribution in [0.3, 0.4) is 0 Å². The van der Waals surface area contributed by atoms with E-state index < -0.39 is 0 Å². The second-order valence-corrected chi connectivity index (χ2v) is 4.60. The molecule has 1 aromatic rings. The van der Waals surface area contributed by atoms with Crippen molar-refractivity contribution in [2.24, 2.45) is 0 Å². The fourth-order valence-electron chi connectivity index (χ4n) is 1.35. The van der Waals surface area contributed by atoms with Crippen molar-refractivity contribution in [2.45, 2.75) is 19.8 Å². The van der Waals surface area contributed by atoms with Gasteiger partial charge < -0.3 is 10.1 Å². The highest BCUT2D eigenvalue weighted by Crippen LogP contribution is 2.12. The topological polar surface area (TPSA) is 38.3 Å². The SMILES string of the molecule is Cc1cccc(OCCC(=O)NCCCBr)c1. The standard InChI is InChI=1S/C13H18BrNO2/c1-11-4-2-5-12(10-11)17-9-6-13(16)15-8-3-7-14/h2,4-5,10H,3,6-9H2,1H3,(H,15,16). The lowest BCUT2D eigenvalue weighted by Crippen LogP contribution is -2.26. The maximum Gasteiger partial charge on any atom is 0.223 e. The Morgan fingerprint density at radius 1 is 1.47 bits per heavy atom. The van der Waals surface area contributed by atoms with Crippen molar-refractivity contribution >= 4 is 21.8 Å². The van der Waals surface area contributed by atoms with Crippen molar-refractivity contribution in [2.75, 3.05) is 18.5 Å². The number of nitrogens with one attached hydrogen (secondary N) is 1. The summed E-state index contributed by atoms with van der Waals surface area (Å²) >= 11 is 3.31. The number of amides is 1. The number of alkyl halides is 1. The molecule has 0 saturated heterocycles. The number of ether oxygens (including phenoxy) is 1. The van der Waals surface area contributed by atoms with Gasteiger partial charge in [0.1, 0.15) is 5.75 Å². The van der Waals surface area contributed by atoms with Gasteiger partial charge in [-0.1, -0.05) is 28.1 Å². The van der Waals surface area contributed by atoms with Crippen LogP contribution in [-0.2, 0) is 4.79 Å². The third-order valence-corrected chi connectivity index (χ3v) is 2.78. The van der Waals surface area contributed by atoms with Crippen LogP contribution in [0.5, 0.6) is 5.75 Å². The molecule has 0 heterocycles. The molecule has 1 rings (SSSR count). The molecule has 1 aromatic carbocycles. The molecule has 0 spiro atoms. The molecule has 0 radical (unpaired) electrons. The number of halogens is 1. The number of hydrogen-bond acceptors (Lipinski definition) is 2. The third kappa shape index (κ3) is 6.31. The molecule has 17 heavy (non-hydrogen) atoms. The van der Waals surface area contributed by atoms with Crippen LogP contribution in [0.15, 0.2) is 24.3 Å². The van der Waals surface area contributed by atoms with Crippen LogP contribution in [0.25, 0.3) is 0 Å². The van der Waals surface area contributed by atoms with E-state index in [4.69, 9.17) is 4.74 Å². The molecule has 0 atom stereocenters. The van der Waals surface area contributed by atoms with Crippen LogP contribution in [0.1, 0.15) is 18.4 Å². The van der Waals surface area contributed by atoms with E-state index in [2.05, 4.69) is 21.2 Å². The molecule has 1 amide bonds. The normalized spacial score (nSPS) is 10.0. The van der Waals surface area contributed by atoms with Crippen molar-refractivity contribution in [1.29, 1.82) is 0 Å². The molecule has 0 aliphatic carbocycles. The van der Waals surface area contributed by atoms with Gasteiger partial charge in [-0.25, -0.2) is 0 Å². The van der Waals surface area contributed by atoms with Gasteiger partial charge in [0.25, 0.3) is 0 Å². The quantitative estimate of drug-likeness (QED) is 0.621. The molecule has 0 bridgehead atoms. The first-order chi connectivity index (χ1) is 8.22. The first-order valence-corrected chi connectivity index (χ1v) is 6.86. The highest BCUT2D eigenvalue weighted by atomic mass is 79.9. The summed E-state index contributed by atoms with van der Waals surface area (Å²) < 4.78 is 5.49. The Kier molecular flexibility index (Phi) is 6.70. The molecule has 0 aromatic heterocycles. The predicted octanol–water partition coefficient (Wildman–Crippen LogP) is 2.67. The third-order valence-electron chi connectivity index (χ3n) is 2.22. The van der Waals surface area contributed by atoms with Crippen molar-refractivity contribution in [1.82, 2.24) is 5.32 Å². The highest BCUT2D eigenvalue weighted by molar-refractivity contribution is 9.09. The molecule has 1 N–H and O–H groups in total. The first-order valence-electron chi connectivity index (χ1n) is 5.74. The summed E-state index contributed by atoms with van der Waals surface area (Å²) in [5, 5.41) is 3.74. The Balaban J connectivity index is 2.17. The van der Waals surface area contributed by atoms with E-state index in [9.17, 15) is 4.79 Å². The summed E-state index contributed by atoms with van der Waals surface area (Å²) in [7, 11) is 0. The van der Waals surface area contributed by atoms with Crippen LogP contribution < -0.4 is 10.1 Å². The smallest absolute Gasteiger partial charge is 0.223 e. The van der Waals surface area contributed by atoms with E-state index in [1.54, 1.807) is 0 Å². The maximum atomic E-state index is 11.4. The van der Waals surface area contributed by atoms with Gasteiger partial charge in [-0.15, -0.1) is 0 Å². The van der Waals surface area contributed by atoms with Gasteiger partial charge in [0.15, 0.2) is 0 Å². The summed E-state index contributed by atoms with van der Waals surface area (Å²) in [6, 6.07) is 7.82. The van der Waals surface area contributed by atoms with Crippen molar-refractivity contribution in [3.8, 4) is 5.75 Å². The zero-order valence-corrected chi connectivity index (χ0v) is 11.6. The zero-order valence-electron chi connectivity index (χ0n) is 10.0. The fourth-order valence-corrected chi connectivity index (χ4v) is 1.63. The molecule has 0 unspecified atom stereocenters. The first kappa shape index (κ1) is 14.0. The average molecular weight is 300 g/mol. The van der Waals surface area contributed by atoms with E-state index in [1.807, 2.05) is 31.2 Å². The number of aryl methyl sites for hydroxylation is 1. The summed E-state index contributed by atoms with van der Waals surface area (Å²) in [6.07, 6.45) is 1.35. The fraction of sp³-hybridized carbons (Fsp3) is 0.462. The number of carbonyl (C=O) groups excluding carboxylic acids is 1. The number of benzene rings is 1. The van der Waals surface area contributed by atoms with E-state index in [0.29, 0.717) is 19.6 Å². The maximum absolute atomic E-state index is 11.4. The molecule has 0 fully saturated rings. The van der Waals surface area contributed by atoms with Crippen LogP contribution in [0, 0.1) is 6.92 Å². The predicted molar refractivity (Wildman–Crippen MR) is 72.7 cm³/mol. The van der Waals surface area contributed by atoms with Gasteiger partial charge in [0.05, 0.1) is 13.0 Å². The van der Waals surface area contributed by atoms with E-state index in [1.165, 1.54) is 0 Å². The minimum atomic E-state index is 0.0404. The van der Waals surface area contributed by atoms with E-state index >= 15 is 0 Å². The highest BCUT2D eigenvalue weighted by Gasteiger charge is 2.01. The lowest BCUT2D eigenvalue weighted by atomic mass is 10.2. The van der Waals surface area contributed by atoms with Crippen molar-refractivity contribution in [3.63, 3.8) is 0 Å². The second kappa shape index (κ2) is 8.12. The molecule has 0 saturated carbocycles. The van der Waals surface area contributed by atoms with Gasteiger partial charge >= 0.3 is 0 Å². The van der Waals surface area contributed by atoms with Crippen LogP contribution in [-0.4, -0.2) is 24.4 Å². The van der Waals surface area contributed by atoms with E-state index in [0.717, 1.165) is 23.1 Å². The number of rotatable bonds is 7. The molecular formula is C13H18BrNO2. The van der Waals surface area contributed by atoms with Gasteiger partial charge in [0, 0.05) is 11.9 Å². The Labute approximate surface area is 111 Å². The van der Waals surface area contributed by atoms with Gasteiger partial charge in [-0.05, 0) is 31.0 Å². The average Bonchev–Trinajstić information content (AvgIpc) is 2.29. The minimum Gasteiger partial charge on any atom is -0.493 e. The number of hydrogen-bond donors (Lipinski definition) is 1. The Bertz CT molecular complexity index is 355. The second-order valence-electron chi connectivity index (χ2n) is 3.81. The molecular weight excluding hydrogens is 282 g/mol. The summed E-state index contributed by atoms with van der Waals surface area (Å²) in [5.41, 5.74) is 1.16. The minimum absolute atomic E-state index is 0.0404. The molecule has 4 heteroatoms. The van der Waals surface area contributed by atoms with Crippen molar-refractivity contribution < 1.29 is 9.53 Å². The Morgan fingerprint density at radius 3 is 3.00 bits per heavy atom. The van der Waals surface area contributed by atoms with Crippen LogP contribution in [0.4, 0.5) is 0 Å². The largest absolute Gasteiger partial charge is 0.493 e. The lowest BCUT2D eigenvalue weighted by molar-refractivity contribution is -0.121. The number of carbonyl (C=O) groups is 1. The summed E-state index contributed by atoms with van der Waals surface area (Å²) in [5.74, 6) is 0.858. The lowest BCUT2D eigenvalue weighted by Gasteiger charge is -2.07. The molecule has 0 aliphatic rings. The monoisotopic (exact) mass is 299 g/mol. The Hall–Kier alpha value is -1.03. The Morgan fingerprint density at radius 2 is 2.29 bits per heavy atom.